The van der Waals surface area contributed by atoms with Crippen molar-refractivity contribution >= 4 is 11.8 Å². The second-order valence-electron chi connectivity index (χ2n) is 7.49. The van der Waals surface area contributed by atoms with Gasteiger partial charge in [0.05, 0.1) is 31.1 Å². The van der Waals surface area contributed by atoms with Crippen molar-refractivity contribution in [3.8, 4) is 17.0 Å². The number of amides is 2. The number of aromatic nitrogens is 2. The Morgan fingerprint density at radius 3 is 2.50 bits per heavy atom. The van der Waals surface area contributed by atoms with E-state index in [9.17, 15) is 9.59 Å². The highest BCUT2D eigenvalue weighted by Gasteiger charge is 2.17. The van der Waals surface area contributed by atoms with Crippen LogP contribution in [0, 0.1) is 0 Å². The van der Waals surface area contributed by atoms with Gasteiger partial charge in [-0.2, -0.15) is 0 Å². The lowest BCUT2D eigenvalue weighted by Gasteiger charge is -2.15. The van der Waals surface area contributed by atoms with Crippen molar-refractivity contribution in [1.29, 1.82) is 0 Å². The number of carbonyl (C=O) groups is 2. The van der Waals surface area contributed by atoms with Crippen LogP contribution in [0.2, 0.25) is 0 Å². The zero-order valence-corrected chi connectivity index (χ0v) is 18.6. The van der Waals surface area contributed by atoms with Gasteiger partial charge >= 0.3 is 0 Å². The van der Waals surface area contributed by atoms with Gasteiger partial charge in [-0.1, -0.05) is 50.6 Å². The van der Waals surface area contributed by atoms with Gasteiger partial charge < -0.3 is 20.4 Å². The first kappa shape index (κ1) is 23.1. The molecule has 1 atom stereocenters. The fourth-order valence-corrected chi connectivity index (χ4v) is 3.19. The Kier molecular flexibility index (Phi) is 8.43. The third-order valence-corrected chi connectivity index (χ3v) is 5.05. The van der Waals surface area contributed by atoms with Crippen LogP contribution in [0.25, 0.3) is 11.3 Å². The molecule has 0 bridgehead atoms. The highest BCUT2D eigenvalue weighted by atomic mass is 16.5. The summed E-state index contributed by atoms with van der Waals surface area (Å²) in [6.45, 7) is 4.62. The molecule has 0 spiro atoms. The summed E-state index contributed by atoms with van der Waals surface area (Å²) in [7, 11) is 0. The third-order valence-electron chi connectivity index (χ3n) is 5.05. The fourth-order valence-electron chi connectivity index (χ4n) is 3.19. The molecule has 0 saturated carbocycles. The third kappa shape index (κ3) is 6.44. The molecular weight excluding hydrogens is 404 g/mol. The van der Waals surface area contributed by atoms with Gasteiger partial charge in [0.1, 0.15) is 11.6 Å². The summed E-state index contributed by atoms with van der Waals surface area (Å²) < 4.78 is 5.60. The van der Waals surface area contributed by atoms with Gasteiger partial charge in [-0.25, -0.2) is 4.98 Å². The van der Waals surface area contributed by atoms with Crippen molar-refractivity contribution in [3.63, 3.8) is 0 Å². The zero-order valence-electron chi connectivity index (χ0n) is 18.6. The summed E-state index contributed by atoms with van der Waals surface area (Å²) in [5, 5.41) is 5.59. The summed E-state index contributed by atoms with van der Waals surface area (Å²) in [5.41, 5.74) is 2.40. The minimum Gasteiger partial charge on any atom is -0.494 e. The van der Waals surface area contributed by atoms with Crippen molar-refractivity contribution in [3.05, 3.63) is 72.2 Å². The number of aromatic amines is 1. The van der Waals surface area contributed by atoms with Crippen molar-refractivity contribution < 1.29 is 14.3 Å². The van der Waals surface area contributed by atoms with Gasteiger partial charge in [0.2, 0.25) is 5.91 Å². The number of unbranched alkanes of at least 4 members (excludes halogenated alkanes) is 1. The lowest BCUT2D eigenvalue weighted by atomic mass is 10.2. The quantitative estimate of drug-likeness (QED) is 0.393. The second-order valence-corrected chi connectivity index (χ2v) is 7.49. The molecule has 0 aliphatic rings. The Morgan fingerprint density at radius 1 is 1.06 bits per heavy atom. The van der Waals surface area contributed by atoms with Crippen LogP contribution in [0.5, 0.6) is 5.75 Å². The highest BCUT2D eigenvalue weighted by molar-refractivity contribution is 5.96. The van der Waals surface area contributed by atoms with Gasteiger partial charge in [-0.05, 0) is 42.7 Å². The molecular formula is C25H30N4O3. The molecule has 0 fully saturated rings. The van der Waals surface area contributed by atoms with Crippen LogP contribution < -0.4 is 15.4 Å². The zero-order chi connectivity index (χ0) is 22.8. The van der Waals surface area contributed by atoms with Crippen LogP contribution in [-0.4, -0.2) is 34.9 Å². The molecule has 7 nitrogen and oxygen atoms in total. The summed E-state index contributed by atoms with van der Waals surface area (Å²) in [6.07, 6.45) is 4.48. The Bertz CT molecular complexity index is 1000. The number of carbonyl (C=O) groups excluding carboxylic acids is 2. The summed E-state index contributed by atoms with van der Waals surface area (Å²) in [6, 6.07) is 16.5. The number of ether oxygens (including phenoxy) is 1. The van der Waals surface area contributed by atoms with Gasteiger partial charge in [-0.15, -0.1) is 0 Å². The lowest BCUT2D eigenvalue weighted by molar-refractivity contribution is -0.121. The SMILES string of the molecule is CCCCOc1ccc(C(=O)NCC(=O)NC(CC)c2ncc(-c3ccccc3)[nH]2)cc1. The maximum Gasteiger partial charge on any atom is 0.251 e. The van der Waals surface area contributed by atoms with Gasteiger partial charge in [0.15, 0.2) is 0 Å². The van der Waals surface area contributed by atoms with E-state index in [0.29, 0.717) is 24.4 Å². The molecule has 0 aliphatic carbocycles. The second kappa shape index (κ2) is 11.7. The molecule has 3 rings (SSSR count). The minimum absolute atomic E-state index is 0.115. The first-order chi connectivity index (χ1) is 15.6. The van der Waals surface area contributed by atoms with Gasteiger partial charge in [0, 0.05) is 5.56 Å². The standard InChI is InChI=1S/C25H30N4O3/c1-3-5-15-32-20-13-11-19(12-14-20)25(31)27-17-23(30)28-21(4-2)24-26-16-22(29-24)18-9-7-6-8-10-18/h6-14,16,21H,3-5,15,17H2,1-2H3,(H,26,29)(H,27,31)(H,28,30). The Balaban J connectivity index is 1.50. The average Bonchev–Trinajstić information content (AvgIpc) is 3.32. The summed E-state index contributed by atoms with van der Waals surface area (Å²) in [4.78, 5) is 32.5. The molecule has 0 radical (unpaired) electrons. The number of nitrogens with one attached hydrogen (secondary N) is 3. The van der Waals surface area contributed by atoms with E-state index in [0.717, 1.165) is 29.8 Å². The smallest absolute Gasteiger partial charge is 0.251 e. The maximum atomic E-state index is 12.4. The maximum absolute atomic E-state index is 12.4. The molecule has 0 aliphatic heterocycles. The number of nitrogens with zero attached hydrogens (tertiary/aromatic N) is 1. The molecule has 1 heterocycles. The van der Waals surface area contributed by atoms with Crippen LogP contribution in [-0.2, 0) is 4.79 Å². The van der Waals surface area contributed by atoms with Crippen LogP contribution in [0.3, 0.4) is 0 Å². The van der Waals surface area contributed by atoms with E-state index in [1.54, 1.807) is 30.5 Å². The van der Waals surface area contributed by atoms with Crippen LogP contribution >= 0.6 is 0 Å². The minimum atomic E-state index is -0.308. The first-order valence-electron chi connectivity index (χ1n) is 11.0. The number of benzene rings is 2. The van der Waals surface area contributed by atoms with Gasteiger partial charge in [0.25, 0.3) is 5.91 Å². The predicted molar refractivity (Wildman–Crippen MR) is 124 cm³/mol. The van der Waals surface area contributed by atoms with Crippen LogP contribution in [0.1, 0.15) is 55.3 Å². The van der Waals surface area contributed by atoms with E-state index in [1.165, 1.54) is 0 Å². The topological polar surface area (TPSA) is 96.1 Å². The van der Waals surface area contributed by atoms with Crippen molar-refractivity contribution in [2.24, 2.45) is 0 Å². The van der Waals surface area contributed by atoms with Gasteiger partial charge in [-0.3, -0.25) is 9.59 Å². The van der Waals surface area contributed by atoms with E-state index >= 15 is 0 Å². The van der Waals surface area contributed by atoms with E-state index < -0.39 is 0 Å². The molecule has 1 aromatic heterocycles. The number of rotatable bonds is 11. The Morgan fingerprint density at radius 2 is 1.81 bits per heavy atom. The molecule has 3 aromatic rings. The van der Waals surface area contributed by atoms with E-state index in [2.05, 4.69) is 27.5 Å². The monoisotopic (exact) mass is 434 g/mol. The van der Waals surface area contributed by atoms with Crippen LogP contribution in [0.4, 0.5) is 0 Å². The highest BCUT2D eigenvalue weighted by Crippen LogP contribution is 2.20. The molecule has 2 aromatic carbocycles. The van der Waals surface area contributed by atoms with E-state index in [-0.39, 0.29) is 24.4 Å². The summed E-state index contributed by atoms with van der Waals surface area (Å²) in [5.74, 6) is 0.830. The van der Waals surface area contributed by atoms with Crippen molar-refractivity contribution in [1.82, 2.24) is 20.6 Å². The number of hydrogen-bond acceptors (Lipinski definition) is 4. The molecule has 168 valence electrons. The number of imidazole rings is 1. The first-order valence-corrected chi connectivity index (χ1v) is 11.0. The molecule has 3 N–H and O–H groups in total. The van der Waals surface area contributed by atoms with E-state index in [1.807, 2.05) is 37.3 Å². The Hall–Kier alpha value is -3.61. The van der Waals surface area contributed by atoms with Crippen molar-refractivity contribution in [2.45, 2.75) is 39.2 Å². The van der Waals surface area contributed by atoms with Crippen LogP contribution in [0.15, 0.2) is 60.8 Å². The molecule has 1 unspecified atom stereocenters. The lowest BCUT2D eigenvalue weighted by Crippen LogP contribution is -2.38. The average molecular weight is 435 g/mol. The Labute approximate surface area is 188 Å². The normalized spacial score (nSPS) is 11.6. The van der Waals surface area contributed by atoms with Crippen molar-refractivity contribution in [2.75, 3.05) is 13.2 Å². The number of hydrogen-bond donors (Lipinski definition) is 3. The molecule has 2 amide bonds. The molecule has 0 saturated heterocycles. The predicted octanol–water partition coefficient (Wildman–Crippen LogP) is 4.25. The largest absolute Gasteiger partial charge is 0.494 e. The summed E-state index contributed by atoms with van der Waals surface area (Å²) >= 11 is 0. The molecule has 7 heteroatoms. The van der Waals surface area contributed by atoms with E-state index in [4.69, 9.17) is 4.74 Å². The molecule has 32 heavy (non-hydrogen) atoms. The fraction of sp³-hybridized carbons (Fsp3) is 0.320. The number of H-pyrrole nitrogens is 1.